The minimum absolute atomic E-state index is 0.122. The molecule has 7 heteroatoms. The number of hydrogen-bond acceptors (Lipinski definition) is 5. The van der Waals surface area contributed by atoms with E-state index in [1.54, 1.807) is 67.5 Å². The van der Waals surface area contributed by atoms with Crippen LogP contribution in [-0.2, 0) is 9.53 Å². The van der Waals surface area contributed by atoms with Crippen molar-refractivity contribution in [2.45, 2.75) is 13.0 Å². The lowest BCUT2D eigenvalue weighted by Gasteiger charge is -2.27. The van der Waals surface area contributed by atoms with Crippen LogP contribution >= 0.6 is 0 Å². The first-order valence-electron chi connectivity index (χ1n) is 9.16. The van der Waals surface area contributed by atoms with Gasteiger partial charge in [-0.3, -0.25) is 9.59 Å². The Hall–Kier alpha value is -3.06. The molecule has 7 nitrogen and oxygen atoms in total. The van der Waals surface area contributed by atoms with Gasteiger partial charge in [0.25, 0.3) is 11.8 Å². The van der Waals surface area contributed by atoms with Crippen molar-refractivity contribution in [3.63, 3.8) is 0 Å². The molecule has 1 atom stereocenters. The number of ether oxygens (including phenoxy) is 3. The van der Waals surface area contributed by atoms with Gasteiger partial charge < -0.3 is 24.4 Å². The standard InChI is InChI=1S/C21H24N2O5/c1-15(28-17-9-7-16(26-2)8-10-17)20(24)22-19-6-4-3-5-18(19)21(25)23-11-13-27-14-12-23/h3-10,15H,11-14H2,1-2H3,(H,22,24)/t15-/m1/s1. The average Bonchev–Trinajstić information content (AvgIpc) is 2.74. The Kier molecular flexibility index (Phi) is 6.49. The van der Waals surface area contributed by atoms with Crippen LogP contribution < -0.4 is 14.8 Å². The molecule has 1 N–H and O–H groups in total. The molecule has 2 aromatic rings. The monoisotopic (exact) mass is 384 g/mol. The van der Waals surface area contributed by atoms with Crippen LogP contribution in [0.4, 0.5) is 5.69 Å². The fourth-order valence-electron chi connectivity index (χ4n) is 2.86. The van der Waals surface area contributed by atoms with Crippen molar-refractivity contribution >= 4 is 17.5 Å². The summed E-state index contributed by atoms with van der Waals surface area (Å²) in [4.78, 5) is 27.1. The second kappa shape index (κ2) is 9.23. The molecule has 0 radical (unpaired) electrons. The number of methoxy groups -OCH3 is 1. The van der Waals surface area contributed by atoms with Gasteiger partial charge in [0, 0.05) is 13.1 Å². The third-order valence-electron chi connectivity index (χ3n) is 4.46. The van der Waals surface area contributed by atoms with Crippen molar-refractivity contribution in [1.29, 1.82) is 0 Å². The second-order valence-electron chi connectivity index (χ2n) is 6.38. The Morgan fingerprint density at radius 2 is 1.68 bits per heavy atom. The molecule has 1 aliphatic heterocycles. The molecule has 28 heavy (non-hydrogen) atoms. The van der Waals surface area contributed by atoms with Gasteiger partial charge >= 0.3 is 0 Å². The van der Waals surface area contributed by atoms with Crippen LogP contribution in [0.2, 0.25) is 0 Å². The molecular weight excluding hydrogens is 360 g/mol. The SMILES string of the molecule is COc1ccc(O[C@H](C)C(=O)Nc2ccccc2C(=O)N2CCOCC2)cc1. The summed E-state index contributed by atoms with van der Waals surface area (Å²) in [5.74, 6) is 0.808. The van der Waals surface area contributed by atoms with Crippen molar-refractivity contribution in [3.05, 3.63) is 54.1 Å². The zero-order valence-corrected chi connectivity index (χ0v) is 16.0. The van der Waals surface area contributed by atoms with Crippen LogP contribution in [0.5, 0.6) is 11.5 Å². The number of hydrogen-bond donors (Lipinski definition) is 1. The fourth-order valence-corrected chi connectivity index (χ4v) is 2.86. The number of morpholine rings is 1. The van der Waals surface area contributed by atoms with E-state index in [2.05, 4.69) is 5.32 Å². The summed E-state index contributed by atoms with van der Waals surface area (Å²) in [6.45, 7) is 3.78. The summed E-state index contributed by atoms with van der Waals surface area (Å²) in [7, 11) is 1.58. The van der Waals surface area contributed by atoms with Crippen LogP contribution in [-0.4, -0.2) is 56.2 Å². The lowest BCUT2D eigenvalue weighted by Crippen LogP contribution is -2.41. The minimum atomic E-state index is -0.736. The van der Waals surface area contributed by atoms with E-state index in [-0.39, 0.29) is 11.8 Å². The van der Waals surface area contributed by atoms with Crippen molar-refractivity contribution < 1.29 is 23.8 Å². The normalized spacial score (nSPS) is 14.9. The average molecular weight is 384 g/mol. The van der Waals surface area contributed by atoms with Gasteiger partial charge in [-0.15, -0.1) is 0 Å². The number of para-hydroxylation sites is 1. The van der Waals surface area contributed by atoms with Gasteiger partial charge in [0.1, 0.15) is 11.5 Å². The van der Waals surface area contributed by atoms with Crippen LogP contribution in [0.15, 0.2) is 48.5 Å². The summed E-state index contributed by atoms with van der Waals surface area (Å²) >= 11 is 0. The molecule has 1 fully saturated rings. The molecule has 1 heterocycles. The van der Waals surface area contributed by atoms with Gasteiger partial charge in [-0.05, 0) is 43.3 Å². The van der Waals surface area contributed by atoms with Crippen molar-refractivity contribution in [2.24, 2.45) is 0 Å². The van der Waals surface area contributed by atoms with Gasteiger partial charge in [0.2, 0.25) is 0 Å². The molecule has 0 bridgehead atoms. The van der Waals surface area contributed by atoms with Gasteiger partial charge in [-0.1, -0.05) is 12.1 Å². The number of rotatable bonds is 6. The molecule has 0 saturated carbocycles. The van der Waals surface area contributed by atoms with Gasteiger partial charge in [-0.25, -0.2) is 0 Å². The molecule has 1 saturated heterocycles. The maximum absolute atomic E-state index is 12.8. The summed E-state index contributed by atoms with van der Waals surface area (Å²) < 4.78 is 16.1. The first kappa shape index (κ1) is 19.7. The van der Waals surface area contributed by atoms with Crippen LogP contribution in [0.25, 0.3) is 0 Å². The minimum Gasteiger partial charge on any atom is -0.497 e. The molecule has 0 aromatic heterocycles. The number of anilines is 1. The van der Waals surface area contributed by atoms with Gasteiger partial charge in [-0.2, -0.15) is 0 Å². The molecule has 0 unspecified atom stereocenters. The van der Waals surface area contributed by atoms with Crippen molar-refractivity contribution in [1.82, 2.24) is 4.90 Å². The highest BCUT2D eigenvalue weighted by Gasteiger charge is 2.23. The molecular formula is C21H24N2O5. The van der Waals surface area contributed by atoms with Crippen molar-refractivity contribution in [2.75, 3.05) is 38.7 Å². The Morgan fingerprint density at radius 1 is 1.04 bits per heavy atom. The van der Waals surface area contributed by atoms with Crippen LogP contribution in [0, 0.1) is 0 Å². The number of amides is 2. The summed E-state index contributed by atoms with van der Waals surface area (Å²) in [6.07, 6.45) is -0.736. The molecule has 2 aromatic carbocycles. The molecule has 0 spiro atoms. The third-order valence-corrected chi connectivity index (χ3v) is 4.46. The fraction of sp³-hybridized carbons (Fsp3) is 0.333. The zero-order valence-electron chi connectivity index (χ0n) is 16.0. The Bertz CT molecular complexity index is 816. The Balaban J connectivity index is 1.66. The topological polar surface area (TPSA) is 77.1 Å². The third kappa shape index (κ3) is 4.80. The molecule has 3 rings (SSSR count). The Labute approximate surface area is 164 Å². The summed E-state index contributed by atoms with van der Waals surface area (Å²) in [5, 5.41) is 2.81. The lowest BCUT2D eigenvalue weighted by molar-refractivity contribution is -0.122. The van der Waals surface area contributed by atoms with Gasteiger partial charge in [0.05, 0.1) is 31.6 Å². The second-order valence-corrected chi connectivity index (χ2v) is 6.38. The maximum Gasteiger partial charge on any atom is 0.265 e. The quantitative estimate of drug-likeness (QED) is 0.828. The predicted octanol–water partition coefficient (Wildman–Crippen LogP) is 2.57. The number of nitrogens with one attached hydrogen (secondary N) is 1. The number of carbonyl (C=O) groups excluding carboxylic acids is 2. The highest BCUT2D eigenvalue weighted by atomic mass is 16.5. The number of carbonyl (C=O) groups is 2. The highest BCUT2D eigenvalue weighted by Crippen LogP contribution is 2.21. The molecule has 2 amide bonds. The zero-order chi connectivity index (χ0) is 19.9. The van der Waals surface area contributed by atoms with Crippen LogP contribution in [0.1, 0.15) is 17.3 Å². The first-order chi connectivity index (χ1) is 13.6. The molecule has 1 aliphatic rings. The predicted molar refractivity (Wildman–Crippen MR) is 105 cm³/mol. The largest absolute Gasteiger partial charge is 0.497 e. The first-order valence-corrected chi connectivity index (χ1v) is 9.16. The maximum atomic E-state index is 12.8. The van der Waals surface area contributed by atoms with E-state index < -0.39 is 6.10 Å². The molecule has 0 aliphatic carbocycles. The Morgan fingerprint density at radius 3 is 2.36 bits per heavy atom. The van der Waals surface area contributed by atoms with E-state index in [9.17, 15) is 9.59 Å². The van der Waals surface area contributed by atoms with E-state index in [1.807, 2.05) is 0 Å². The number of benzene rings is 2. The number of nitrogens with zero attached hydrogens (tertiary/aromatic N) is 1. The van der Waals surface area contributed by atoms with E-state index in [0.29, 0.717) is 49.1 Å². The van der Waals surface area contributed by atoms with Gasteiger partial charge in [0.15, 0.2) is 6.10 Å². The summed E-state index contributed by atoms with van der Waals surface area (Å²) in [5.41, 5.74) is 0.920. The van der Waals surface area contributed by atoms with E-state index in [4.69, 9.17) is 14.2 Å². The lowest BCUT2D eigenvalue weighted by atomic mass is 10.1. The van der Waals surface area contributed by atoms with Crippen LogP contribution in [0.3, 0.4) is 0 Å². The van der Waals surface area contributed by atoms with E-state index in [0.717, 1.165) is 0 Å². The highest BCUT2D eigenvalue weighted by molar-refractivity contribution is 6.04. The molecule has 148 valence electrons. The van der Waals surface area contributed by atoms with Crippen molar-refractivity contribution in [3.8, 4) is 11.5 Å². The smallest absolute Gasteiger partial charge is 0.265 e. The van der Waals surface area contributed by atoms with E-state index in [1.165, 1.54) is 0 Å². The van der Waals surface area contributed by atoms with E-state index >= 15 is 0 Å². The summed E-state index contributed by atoms with van der Waals surface area (Å²) in [6, 6.07) is 14.0.